The van der Waals surface area contributed by atoms with E-state index in [4.69, 9.17) is 0 Å². The predicted molar refractivity (Wildman–Crippen MR) is 287 cm³/mol. The van der Waals surface area contributed by atoms with Gasteiger partial charge in [-0.2, -0.15) is 0 Å². The van der Waals surface area contributed by atoms with E-state index in [-0.39, 0.29) is 24.8 Å². The van der Waals surface area contributed by atoms with Crippen molar-refractivity contribution < 1.29 is 17.4 Å². The van der Waals surface area contributed by atoms with Crippen molar-refractivity contribution in [2.75, 3.05) is 0 Å². The van der Waals surface area contributed by atoms with Crippen LogP contribution in [0.1, 0.15) is 194 Å². The Morgan fingerprint density at radius 3 is 1.16 bits per heavy atom. The summed E-state index contributed by atoms with van der Waals surface area (Å²) in [5.41, 5.74) is 22.1. The van der Waals surface area contributed by atoms with E-state index >= 15 is 0 Å². The largest absolute Gasteiger partial charge is 0.147 e. The number of aryl methyl sites for hydroxylation is 4. The molecule has 0 nitrogen and oxygen atoms in total. The number of hydrogen-bond donors (Lipinski definition) is 0. The summed E-state index contributed by atoms with van der Waals surface area (Å²) < 4.78 is 6.98. The summed E-state index contributed by atoms with van der Waals surface area (Å²) in [5.74, 6) is 0. The van der Waals surface area contributed by atoms with E-state index in [0.717, 1.165) is 0 Å². The van der Waals surface area contributed by atoms with Gasteiger partial charge in [-0.1, -0.05) is 0 Å². The van der Waals surface area contributed by atoms with Crippen molar-refractivity contribution in [1.29, 1.82) is 0 Å². The molecule has 4 aromatic rings. The maximum atomic E-state index is 2.96. The van der Waals surface area contributed by atoms with Gasteiger partial charge >= 0.3 is 384 Å². The molecule has 0 aliphatic heterocycles. The molecule has 4 aliphatic carbocycles. The molecular weight excluding hydrogens is 911 g/mol. The molecule has 4 heteroatoms. The summed E-state index contributed by atoms with van der Waals surface area (Å²) in [6.45, 7) is 16.7. The molecule has 0 bridgehead atoms. The van der Waals surface area contributed by atoms with Crippen LogP contribution in [0.15, 0.2) is 83.9 Å². The van der Waals surface area contributed by atoms with Gasteiger partial charge in [-0.15, -0.1) is 24.8 Å². The van der Waals surface area contributed by atoms with Gasteiger partial charge in [-0.3, -0.25) is 0 Å². The van der Waals surface area contributed by atoms with E-state index in [1.54, 1.807) is 22.3 Å². The van der Waals surface area contributed by atoms with Crippen molar-refractivity contribution in [3.05, 3.63) is 128 Å². The van der Waals surface area contributed by atoms with Crippen molar-refractivity contribution in [3.8, 4) is 22.3 Å². The van der Waals surface area contributed by atoms with Crippen molar-refractivity contribution >= 4 is 43.8 Å². The summed E-state index contributed by atoms with van der Waals surface area (Å²) in [5, 5.41) is 0. The molecule has 346 valence electrons. The van der Waals surface area contributed by atoms with Crippen LogP contribution in [0.3, 0.4) is 0 Å². The second kappa shape index (κ2) is 21.1. The van der Waals surface area contributed by atoms with Crippen LogP contribution < -0.4 is 0 Å². The SMILES string of the molecule is CCCC1(CC2=Cc3c(-c4cc(C)cc(C)c4)cccc3[CH]2[Zr]([CH3])([CH3])(=[SiH2])[CH]2C(CC3(CCC)CCCCCCC3)=Cc3c(-c4cc(C)cc(C)c4)cccc32)CCCCCCC1.Cl.Cl. The van der Waals surface area contributed by atoms with Crippen LogP contribution in [-0.4, -0.2) is 6.88 Å². The van der Waals surface area contributed by atoms with Crippen LogP contribution in [0.5, 0.6) is 0 Å². The number of fused-ring (bicyclic) bond motifs is 2. The summed E-state index contributed by atoms with van der Waals surface area (Å²) in [7, 11) is 0. The zero-order valence-corrected chi connectivity index (χ0v) is 46.9. The zero-order valence-electron chi connectivity index (χ0n) is 41.4. The number of hydrogen-bond acceptors (Lipinski definition) is 0. The maximum absolute atomic E-state index is 4.05. The van der Waals surface area contributed by atoms with Gasteiger partial charge in [0.25, 0.3) is 0 Å². The quantitative estimate of drug-likeness (QED) is 0.124. The Kier molecular flexibility index (Phi) is 17.0. The van der Waals surface area contributed by atoms with Crippen molar-refractivity contribution in [2.24, 2.45) is 10.8 Å². The average Bonchev–Trinajstić information content (AvgIpc) is 3.76. The summed E-state index contributed by atoms with van der Waals surface area (Å²) in [4.78, 5) is 0. The summed E-state index contributed by atoms with van der Waals surface area (Å²) >= 11 is -4.05. The molecule has 0 amide bonds. The first kappa shape index (κ1) is 51.4. The predicted octanol–water partition coefficient (Wildman–Crippen LogP) is 18.8. The van der Waals surface area contributed by atoms with Crippen LogP contribution in [0.4, 0.5) is 0 Å². The van der Waals surface area contributed by atoms with E-state index in [0.29, 0.717) is 18.1 Å². The first-order valence-corrected chi connectivity index (χ1v) is 39.3. The monoisotopic (exact) mass is 992 g/mol. The smallest absolute Gasteiger partial charge is 0.147 e. The molecule has 2 unspecified atom stereocenters. The van der Waals surface area contributed by atoms with Crippen LogP contribution in [0.25, 0.3) is 34.4 Å². The molecule has 2 saturated carbocycles. The standard InChI is InChI=1S/2C29H37.2CH3.2ClH.H2Si.Zr/c2*1-4-13-29(14-8-6-5-7-9-15-29)21-24-19-25-11-10-12-27(28(25)20-24)26-17-22(2)16-23(3)18-26;;;;;;/h2*10-12,16-20H,4-9,13-15,21H2,1-3H3;2*1H3;2*1H;1H2;. The van der Waals surface area contributed by atoms with Gasteiger partial charge < -0.3 is 0 Å². The third kappa shape index (κ3) is 10.7. The Hall–Kier alpha value is -1.96. The van der Waals surface area contributed by atoms with Gasteiger partial charge in [0.15, 0.2) is 0 Å². The van der Waals surface area contributed by atoms with E-state index in [2.05, 4.69) is 143 Å². The van der Waals surface area contributed by atoms with Crippen LogP contribution in [-0.2, 0) is 17.4 Å². The average molecular weight is 996 g/mol. The number of allylic oxidation sites excluding steroid dienone is 2. The third-order valence-electron chi connectivity index (χ3n) is 16.8. The Labute approximate surface area is 406 Å². The van der Waals surface area contributed by atoms with Crippen LogP contribution in [0.2, 0.25) is 9.26 Å². The number of benzene rings is 4. The molecule has 2 fully saturated rings. The second-order valence-electron chi connectivity index (χ2n) is 23.0. The first-order valence-electron chi connectivity index (χ1n) is 25.6. The summed E-state index contributed by atoms with van der Waals surface area (Å²) in [6.07, 6.45) is 33.4. The topological polar surface area (TPSA) is 0 Å². The number of rotatable bonds is 12. The van der Waals surface area contributed by atoms with E-state index in [1.165, 1.54) is 173 Å². The van der Waals surface area contributed by atoms with Gasteiger partial charge in [0, 0.05) is 0 Å². The molecule has 0 N–H and O–H groups in total. The molecule has 64 heavy (non-hydrogen) atoms. The molecule has 2 atom stereocenters. The fraction of sp³-hybridized carbons (Fsp3) is 0.533. The van der Waals surface area contributed by atoms with Gasteiger partial charge in [-0.25, -0.2) is 0 Å². The zero-order chi connectivity index (χ0) is 43.7. The van der Waals surface area contributed by atoms with Crippen molar-refractivity contribution in [2.45, 2.75) is 186 Å². The first-order chi connectivity index (χ1) is 29.7. The minimum Gasteiger partial charge on any atom is -0.147 e. The molecule has 0 aromatic heterocycles. The molecule has 0 spiro atoms. The Bertz CT molecular complexity index is 2190. The number of halogens is 2. The van der Waals surface area contributed by atoms with Crippen molar-refractivity contribution in [3.63, 3.8) is 0 Å². The fourth-order valence-electron chi connectivity index (χ4n) is 14.7. The maximum Gasteiger partial charge on any atom is -0.147 e. The molecule has 0 radical (unpaired) electrons. The Morgan fingerprint density at radius 1 is 0.500 bits per heavy atom. The molecule has 8 rings (SSSR count). The Balaban J connectivity index is 0.00000340. The Morgan fingerprint density at radius 2 is 0.828 bits per heavy atom. The molecule has 0 heterocycles. The molecule has 4 aliphatic rings. The third-order valence-corrected chi connectivity index (χ3v) is 34.3. The van der Waals surface area contributed by atoms with Gasteiger partial charge in [0.2, 0.25) is 0 Å². The molecular formula is C60H84Cl2SiZr. The van der Waals surface area contributed by atoms with Gasteiger partial charge in [0.1, 0.15) is 0 Å². The molecule has 0 saturated heterocycles. The second-order valence-corrected chi connectivity index (χ2v) is 53.5. The minimum atomic E-state index is -4.05. The van der Waals surface area contributed by atoms with Crippen molar-refractivity contribution in [1.82, 2.24) is 0 Å². The van der Waals surface area contributed by atoms with Gasteiger partial charge in [0.05, 0.1) is 0 Å². The van der Waals surface area contributed by atoms with E-state index in [1.807, 2.05) is 11.1 Å². The molecule has 4 aromatic carbocycles. The van der Waals surface area contributed by atoms with E-state index in [9.17, 15) is 0 Å². The fourth-order valence-corrected chi connectivity index (χ4v) is 34.4. The van der Waals surface area contributed by atoms with Crippen LogP contribution in [0, 0.1) is 38.5 Å². The van der Waals surface area contributed by atoms with Crippen LogP contribution >= 0.6 is 24.8 Å². The van der Waals surface area contributed by atoms with E-state index < -0.39 is 17.4 Å². The van der Waals surface area contributed by atoms with Gasteiger partial charge in [-0.05, 0) is 0 Å². The summed E-state index contributed by atoms with van der Waals surface area (Å²) in [6, 6.07) is 29.6. The minimum absolute atomic E-state index is 0. The normalized spacial score (nSPS) is 20.8.